The van der Waals surface area contributed by atoms with Gasteiger partial charge in [0.05, 0.1) is 17.6 Å². The number of hydrogen-bond acceptors (Lipinski definition) is 2. The largest absolute Gasteiger partial charge is 0.300 e. The predicted octanol–water partition coefficient (Wildman–Crippen LogP) is 2.09. The van der Waals surface area contributed by atoms with Crippen LogP contribution >= 0.6 is 11.6 Å². The Bertz CT molecular complexity index is 333. The third-order valence-corrected chi connectivity index (χ3v) is 1.81. The minimum absolute atomic E-state index is 0.108. The van der Waals surface area contributed by atoms with Crippen molar-refractivity contribution in [2.45, 2.75) is 6.54 Å². The van der Waals surface area contributed by atoms with Crippen LogP contribution in [-0.2, 0) is 6.54 Å². The van der Waals surface area contributed by atoms with Crippen molar-refractivity contribution in [1.29, 1.82) is 5.26 Å². The molecule has 1 aromatic rings. The molecule has 0 atom stereocenters. The summed E-state index contributed by atoms with van der Waals surface area (Å²) >= 11 is 5.56. The monoisotopic (exact) mass is 198 g/mol. The highest BCUT2D eigenvalue weighted by Crippen LogP contribution is 2.15. The van der Waals surface area contributed by atoms with Gasteiger partial charge in [0.2, 0.25) is 0 Å². The number of nitrogens with one attached hydrogen (secondary N) is 1. The van der Waals surface area contributed by atoms with Gasteiger partial charge in [0.25, 0.3) is 0 Å². The molecule has 4 heteroatoms. The van der Waals surface area contributed by atoms with E-state index in [9.17, 15) is 4.39 Å². The zero-order chi connectivity index (χ0) is 9.68. The van der Waals surface area contributed by atoms with Gasteiger partial charge in [-0.2, -0.15) is 5.26 Å². The van der Waals surface area contributed by atoms with Crippen LogP contribution < -0.4 is 5.32 Å². The Morgan fingerprint density at radius 1 is 1.54 bits per heavy atom. The first kappa shape index (κ1) is 9.97. The highest BCUT2D eigenvalue weighted by molar-refractivity contribution is 6.30. The Kier molecular flexibility index (Phi) is 3.69. The summed E-state index contributed by atoms with van der Waals surface area (Å²) in [6.45, 7) is 0.794. The summed E-state index contributed by atoms with van der Waals surface area (Å²) in [7, 11) is 0. The van der Waals surface area contributed by atoms with E-state index in [1.165, 1.54) is 6.07 Å². The molecule has 0 saturated heterocycles. The van der Waals surface area contributed by atoms with Gasteiger partial charge in [0.15, 0.2) is 0 Å². The lowest BCUT2D eigenvalue weighted by Gasteiger charge is -2.01. The summed E-state index contributed by atoms with van der Waals surface area (Å²) < 4.78 is 12.7. The second-order valence-electron chi connectivity index (χ2n) is 2.51. The summed E-state index contributed by atoms with van der Waals surface area (Å²) in [5.74, 6) is -0.425. The molecule has 68 valence electrons. The molecule has 1 N–H and O–H groups in total. The van der Waals surface area contributed by atoms with Gasteiger partial charge in [-0.05, 0) is 17.7 Å². The smallest absolute Gasteiger partial charge is 0.141 e. The van der Waals surface area contributed by atoms with Crippen LogP contribution in [0.15, 0.2) is 18.2 Å². The normalized spacial score (nSPS) is 9.62. The first-order chi connectivity index (χ1) is 6.24. The van der Waals surface area contributed by atoms with Crippen LogP contribution in [0.3, 0.4) is 0 Å². The van der Waals surface area contributed by atoms with Gasteiger partial charge in [0, 0.05) is 6.54 Å². The fourth-order valence-corrected chi connectivity index (χ4v) is 1.12. The van der Waals surface area contributed by atoms with Crippen LogP contribution in [0.25, 0.3) is 0 Å². The third kappa shape index (κ3) is 3.02. The number of nitriles is 1. The Labute approximate surface area is 80.9 Å². The highest BCUT2D eigenvalue weighted by Gasteiger charge is 1.99. The minimum atomic E-state index is -0.425. The molecule has 0 aliphatic carbocycles. The fourth-order valence-electron chi connectivity index (χ4n) is 0.912. The van der Waals surface area contributed by atoms with Gasteiger partial charge in [-0.3, -0.25) is 0 Å². The summed E-state index contributed by atoms with van der Waals surface area (Å²) in [5.41, 5.74) is 0.863. The summed E-state index contributed by atoms with van der Waals surface area (Å²) in [4.78, 5) is 0. The molecule has 13 heavy (non-hydrogen) atoms. The molecule has 0 heterocycles. The van der Waals surface area contributed by atoms with Gasteiger partial charge >= 0.3 is 0 Å². The van der Waals surface area contributed by atoms with Crippen molar-refractivity contribution in [2.24, 2.45) is 0 Å². The lowest BCUT2D eigenvalue weighted by Crippen LogP contribution is -2.12. The van der Waals surface area contributed by atoms with Crippen LogP contribution in [0.1, 0.15) is 5.56 Å². The standard InChI is InChI=1S/C9H8ClFN2/c10-8-5-7(1-2-9(8)11)6-13-4-3-12/h1-2,5,13H,4,6H2. The molecule has 0 spiro atoms. The molecule has 0 aliphatic rings. The molecule has 2 nitrogen and oxygen atoms in total. The molecule has 0 aromatic heterocycles. The number of benzene rings is 1. The maximum absolute atomic E-state index is 12.7. The van der Waals surface area contributed by atoms with Crippen molar-refractivity contribution in [3.8, 4) is 6.07 Å². The van der Waals surface area contributed by atoms with E-state index in [1.807, 2.05) is 6.07 Å². The van der Waals surface area contributed by atoms with E-state index >= 15 is 0 Å². The van der Waals surface area contributed by atoms with Gasteiger partial charge in [-0.25, -0.2) is 4.39 Å². The molecule has 0 bridgehead atoms. The van der Waals surface area contributed by atoms with E-state index in [0.717, 1.165) is 5.56 Å². The van der Waals surface area contributed by atoms with Crippen molar-refractivity contribution >= 4 is 11.6 Å². The van der Waals surface area contributed by atoms with Crippen LogP contribution in [-0.4, -0.2) is 6.54 Å². The molecule has 0 amide bonds. The van der Waals surface area contributed by atoms with Gasteiger partial charge in [-0.15, -0.1) is 0 Å². The van der Waals surface area contributed by atoms with E-state index in [0.29, 0.717) is 6.54 Å². The molecular weight excluding hydrogens is 191 g/mol. The van der Waals surface area contributed by atoms with E-state index in [2.05, 4.69) is 5.32 Å². The van der Waals surface area contributed by atoms with E-state index in [-0.39, 0.29) is 11.6 Å². The average molecular weight is 199 g/mol. The number of hydrogen-bond donors (Lipinski definition) is 1. The average Bonchev–Trinajstić information content (AvgIpc) is 2.12. The van der Waals surface area contributed by atoms with E-state index in [1.54, 1.807) is 12.1 Å². The molecular formula is C9H8ClFN2. The van der Waals surface area contributed by atoms with Crippen molar-refractivity contribution in [3.63, 3.8) is 0 Å². The molecule has 1 aromatic carbocycles. The molecule has 0 saturated carbocycles. The number of nitrogens with zero attached hydrogens (tertiary/aromatic N) is 1. The zero-order valence-electron chi connectivity index (χ0n) is 6.85. The van der Waals surface area contributed by atoms with E-state index < -0.39 is 5.82 Å². The lowest BCUT2D eigenvalue weighted by atomic mass is 10.2. The van der Waals surface area contributed by atoms with Crippen LogP contribution in [0.2, 0.25) is 5.02 Å². The molecule has 1 rings (SSSR count). The Morgan fingerprint density at radius 2 is 2.31 bits per heavy atom. The van der Waals surface area contributed by atoms with Gasteiger partial charge in [0.1, 0.15) is 5.82 Å². The van der Waals surface area contributed by atoms with Crippen LogP contribution in [0.5, 0.6) is 0 Å². The van der Waals surface area contributed by atoms with Crippen LogP contribution in [0, 0.1) is 17.1 Å². The van der Waals surface area contributed by atoms with Crippen molar-refractivity contribution < 1.29 is 4.39 Å². The first-order valence-electron chi connectivity index (χ1n) is 3.75. The maximum atomic E-state index is 12.7. The van der Waals surface area contributed by atoms with Gasteiger partial charge < -0.3 is 5.32 Å². The Hall–Kier alpha value is -1.11. The van der Waals surface area contributed by atoms with Crippen molar-refractivity contribution in [1.82, 2.24) is 5.32 Å². The Balaban J connectivity index is 2.59. The molecule has 0 fully saturated rings. The second-order valence-corrected chi connectivity index (χ2v) is 2.92. The zero-order valence-corrected chi connectivity index (χ0v) is 7.61. The SMILES string of the molecule is N#CCNCc1ccc(F)c(Cl)c1. The van der Waals surface area contributed by atoms with E-state index in [4.69, 9.17) is 16.9 Å². The third-order valence-electron chi connectivity index (χ3n) is 1.52. The summed E-state index contributed by atoms with van der Waals surface area (Å²) in [6, 6.07) is 6.43. The molecule has 0 aliphatic heterocycles. The topological polar surface area (TPSA) is 35.8 Å². The van der Waals surface area contributed by atoms with Gasteiger partial charge in [-0.1, -0.05) is 17.7 Å². The summed E-state index contributed by atoms with van der Waals surface area (Å²) in [5, 5.41) is 11.2. The Morgan fingerprint density at radius 3 is 2.92 bits per heavy atom. The molecule has 0 radical (unpaired) electrons. The summed E-state index contributed by atoms with van der Waals surface area (Å²) in [6.07, 6.45) is 0. The number of rotatable bonds is 3. The molecule has 0 unspecified atom stereocenters. The fraction of sp³-hybridized carbons (Fsp3) is 0.222. The van der Waals surface area contributed by atoms with Crippen molar-refractivity contribution in [2.75, 3.05) is 6.54 Å². The van der Waals surface area contributed by atoms with Crippen LogP contribution in [0.4, 0.5) is 4.39 Å². The number of halogens is 2. The maximum Gasteiger partial charge on any atom is 0.141 e. The first-order valence-corrected chi connectivity index (χ1v) is 4.13. The van der Waals surface area contributed by atoms with Crippen molar-refractivity contribution in [3.05, 3.63) is 34.6 Å². The highest BCUT2D eigenvalue weighted by atomic mass is 35.5. The second kappa shape index (κ2) is 4.80. The lowest BCUT2D eigenvalue weighted by molar-refractivity contribution is 0.626. The quantitative estimate of drug-likeness (QED) is 0.597. The predicted molar refractivity (Wildman–Crippen MR) is 48.7 cm³/mol. The minimum Gasteiger partial charge on any atom is -0.300 e.